The molecule has 1 aliphatic rings. The fourth-order valence-electron chi connectivity index (χ4n) is 1.57. The summed E-state index contributed by atoms with van der Waals surface area (Å²) in [4.78, 5) is 10.9. The summed E-state index contributed by atoms with van der Waals surface area (Å²) in [5.41, 5.74) is 2.45. The Morgan fingerprint density at radius 3 is 2.54 bits per heavy atom. The zero-order valence-electron chi connectivity index (χ0n) is 7.62. The second-order valence-electron chi connectivity index (χ2n) is 3.49. The van der Waals surface area contributed by atoms with Crippen molar-refractivity contribution in [1.29, 1.82) is 0 Å². The molecule has 0 saturated carbocycles. The summed E-state index contributed by atoms with van der Waals surface area (Å²) in [7, 11) is 0. The molecule has 0 aliphatic carbocycles. The minimum Gasteiger partial charge on any atom is -0.465 e. The smallest absolute Gasteiger partial charge is 0.306 e. The van der Waals surface area contributed by atoms with Gasteiger partial charge in [0.25, 0.3) is 0 Å². The molecular formula is C11H12O2. The molecule has 1 heterocycles. The van der Waals surface area contributed by atoms with Crippen LogP contribution in [0.4, 0.5) is 0 Å². The molecule has 2 rings (SSSR count). The zero-order valence-corrected chi connectivity index (χ0v) is 7.62. The second-order valence-corrected chi connectivity index (χ2v) is 3.49. The average molecular weight is 176 g/mol. The molecule has 0 aromatic heterocycles. The molecule has 1 atom stereocenters. The van der Waals surface area contributed by atoms with E-state index in [-0.39, 0.29) is 11.9 Å². The maximum atomic E-state index is 10.9. The fourth-order valence-corrected chi connectivity index (χ4v) is 1.57. The van der Waals surface area contributed by atoms with Crippen molar-refractivity contribution < 1.29 is 9.53 Å². The summed E-state index contributed by atoms with van der Waals surface area (Å²) < 4.78 is 4.91. The molecule has 1 saturated heterocycles. The Morgan fingerprint density at radius 1 is 1.31 bits per heavy atom. The van der Waals surface area contributed by atoms with Gasteiger partial charge >= 0.3 is 5.97 Å². The maximum Gasteiger partial charge on any atom is 0.306 e. The molecule has 0 unspecified atom stereocenters. The lowest BCUT2D eigenvalue weighted by molar-refractivity contribution is -0.137. The van der Waals surface area contributed by atoms with Crippen molar-refractivity contribution in [3.05, 3.63) is 35.4 Å². The Labute approximate surface area is 77.5 Å². The summed E-state index contributed by atoms with van der Waals surface area (Å²) >= 11 is 0. The maximum absolute atomic E-state index is 10.9. The van der Waals surface area contributed by atoms with Crippen molar-refractivity contribution in [2.75, 3.05) is 6.61 Å². The minimum atomic E-state index is -0.0782. The normalized spacial score (nSPS) is 21.6. The highest BCUT2D eigenvalue weighted by molar-refractivity contribution is 5.72. The van der Waals surface area contributed by atoms with Gasteiger partial charge in [-0.1, -0.05) is 29.8 Å². The predicted octanol–water partition coefficient (Wildman–Crippen LogP) is 2.03. The SMILES string of the molecule is Cc1ccc([C@H]2COC(=O)C2)cc1. The Bertz CT molecular complexity index is 313. The summed E-state index contributed by atoms with van der Waals surface area (Å²) in [6.45, 7) is 2.60. The molecule has 2 heteroatoms. The van der Waals surface area contributed by atoms with Crippen LogP contribution in [-0.4, -0.2) is 12.6 Å². The number of esters is 1. The number of cyclic esters (lactones) is 1. The van der Waals surface area contributed by atoms with Crippen LogP contribution in [0.1, 0.15) is 23.5 Å². The van der Waals surface area contributed by atoms with Gasteiger partial charge in [0.1, 0.15) is 0 Å². The number of rotatable bonds is 1. The van der Waals surface area contributed by atoms with Gasteiger partial charge in [-0.05, 0) is 12.5 Å². The van der Waals surface area contributed by atoms with E-state index < -0.39 is 0 Å². The quantitative estimate of drug-likeness (QED) is 0.612. The van der Waals surface area contributed by atoms with Gasteiger partial charge < -0.3 is 4.74 Å². The summed E-state index contributed by atoms with van der Waals surface area (Å²) in [6, 6.07) is 8.28. The molecule has 1 fully saturated rings. The number of aryl methyl sites for hydroxylation is 1. The van der Waals surface area contributed by atoms with Crippen molar-refractivity contribution in [1.82, 2.24) is 0 Å². The van der Waals surface area contributed by atoms with Crippen molar-refractivity contribution in [3.8, 4) is 0 Å². The fraction of sp³-hybridized carbons (Fsp3) is 0.364. The van der Waals surface area contributed by atoms with Gasteiger partial charge in [0, 0.05) is 5.92 Å². The lowest BCUT2D eigenvalue weighted by Crippen LogP contribution is -1.96. The van der Waals surface area contributed by atoms with Gasteiger partial charge in [0.2, 0.25) is 0 Å². The third-order valence-electron chi connectivity index (χ3n) is 2.41. The van der Waals surface area contributed by atoms with E-state index in [0.29, 0.717) is 13.0 Å². The summed E-state index contributed by atoms with van der Waals surface area (Å²) in [5, 5.41) is 0. The molecule has 1 aromatic rings. The van der Waals surface area contributed by atoms with Crippen LogP contribution >= 0.6 is 0 Å². The zero-order chi connectivity index (χ0) is 9.26. The molecule has 2 nitrogen and oxygen atoms in total. The Morgan fingerprint density at radius 2 is 2.00 bits per heavy atom. The third kappa shape index (κ3) is 1.72. The first-order valence-corrected chi connectivity index (χ1v) is 4.48. The molecule has 68 valence electrons. The first-order valence-electron chi connectivity index (χ1n) is 4.48. The standard InChI is InChI=1S/C11H12O2/c1-8-2-4-9(5-3-8)10-6-11(12)13-7-10/h2-5,10H,6-7H2,1H3/t10-/m1/s1. The van der Waals surface area contributed by atoms with E-state index >= 15 is 0 Å². The summed E-state index contributed by atoms with van der Waals surface area (Å²) in [5.74, 6) is 0.193. The van der Waals surface area contributed by atoms with E-state index in [1.807, 2.05) is 0 Å². The largest absolute Gasteiger partial charge is 0.465 e. The van der Waals surface area contributed by atoms with Crippen molar-refractivity contribution in [2.24, 2.45) is 0 Å². The molecule has 0 amide bonds. The van der Waals surface area contributed by atoms with Crippen molar-refractivity contribution in [3.63, 3.8) is 0 Å². The number of ether oxygens (including phenoxy) is 1. The topological polar surface area (TPSA) is 26.3 Å². The second kappa shape index (κ2) is 3.21. The van der Waals surface area contributed by atoms with Gasteiger partial charge in [-0.2, -0.15) is 0 Å². The van der Waals surface area contributed by atoms with Crippen LogP contribution in [-0.2, 0) is 9.53 Å². The van der Waals surface area contributed by atoms with Crippen LogP contribution in [0.15, 0.2) is 24.3 Å². The van der Waals surface area contributed by atoms with Gasteiger partial charge in [-0.15, -0.1) is 0 Å². The molecule has 13 heavy (non-hydrogen) atoms. The Balaban J connectivity index is 2.17. The molecule has 0 radical (unpaired) electrons. The Kier molecular flexibility index (Phi) is 2.05. The first-order chi connectivity index (χ1) is 6.25. The number of hydrogen-bond donors (Lipinski definition) is 0. The van der Waals surface area contributed by atoms with Crippen LogP contribution in [0, 0.1) is 6.92 Å². The van der Waals surface area contributed by atoms with Gasteiger partial charge in [0.05, 0.1) is 13.0 Å². The van der Waals surface area contributed by atoms with E-state index in [4.69, 9.17) is 4.74 Å². The van der Waals surface area contributed by atoms with E-state index in [0.717, 1.165) is 0 Å². The number of hydrogen-bond acceptors (Lipinski definition) is 2. The van der Waals surface area contributed by atoms with Crippen molar-refractivity contribution in [2.45, 2.75) is 19.3 Å². The molecular weight excluding hydrogens is 164 g/mol. The number of carbonyl (C=O) groups excluding carboxylic acids is 1. The van der Waals surface area contributed by atoms with E-state index in [1.165, 1.54) is 11.1 Å². The highest BCUT2D eigenvalue weighted by Gasteiger charge is 2.24. The van der Waals surface area contributed by atoms with Crippen LogP contribution in [0.3, 0.4) is 0 Å². The van der Waals surface area contributed by atoms with Gasteiger partial charge in [-0.3, -0.25) is 4.79 Å². The Hall–Kier alpha value is -1.31. The lowest BCUT2D eigenvalue weighted by atomic mass is 9.98. The molecule has 1 aliphatic heterocycles. The van der Waals surface area contributed by atoms with Crippen LogP contribution in [0.25, 0.3) is 0 Å². The van der Waals surface area contributed by atoms with E-state index in [9.17, 15) is 4.79 Å². The van der Waals surface area contributed by atoms with Crippen LogP contribution in [0.2, 0.25) is 0 Å². The van der Waals surface area contributed by atoms with Crippen LogP contribution in [0.5, 0.6) is 0 Å². The molecule has 0 bridgehead atoms. The molecule has 0 N–H and O–H groups in total. The lowest BCUT2D eigenvalue weighted by Gasteiger charge is -2.05. The third-order valence-corrected chi connectivity index (χ3v) is 2.41. The number of carbonyl (C=O) groups is 1. The monoisotopic (exact) mass is 176 g/mol. The van der Waals surface area contributed by atoms with Gasteiger partial charge in [-0.25, -0.2) is 0 Å². The van der Waals surface area contributed by atoms with E-state index in [2.05, 4.69) is 31.2 Å². The highest BCUT2D eigenvalue weighted by Crippen LogP contribution is 2.25. The highest BCUT2D eigenvalue weighted by atomic mass is 16.5. The first kappa shape index (κ1) is 8.30. The average Bonchev–Trinajstić information content (AvgIpc) is 2.53. The van der Waals surface area contributed by atoms with E-state index in [1.54, 1.807) is 0 Å². The molecule has 1 aromatic carbocycles. The number of benzene rings is 1. The van der Waals surface area contributed by atoms with Crippen molar-refractivity contribution >= 4 is 5.97 Å². The summed E-state index contributed by atoms with van der Waals surface area (Å²) in [6.07, 6.45) is 0.531. The minimum absolute atomic E-state index is 0.0782. The van der Waals surface area contributed by atoms with Crippen LogP contribution < -0.4 is 0 Å². The molecule has 0 spiro atoms. The predicted molar refractivity (Wildman–Crippen MR) is 49.5 cm³/mol. The van der Waals surface area contributed by atoms with Gasteiger partial charge in [0.15, 0.2) is 0 Å².